The highest BCUT2D eigenvalue weighted by atomic mass is 32.2. The topological polar surface area (TPSA) is 83.5 Å². The molecular weight excluding hydrogens is 328 g/mol. The van der Waals surface area contributed by atoms with Crippen LogP contribution in [0.3, 0.4) is 0 Å². The van der Waals surface area contributed by atoms with Gasteiger partial charge in [-0.3, -0.25) is 4.72 Å². The zero-order chi connectivity index (χ0) is 17.4. The second-order valence-electron chi connectivity index (χ2n) is 4.94. The Bertz CT molecular complexity index is 895. The fraction of sp³-hybridized carbons (Fsp3) is 0.133. The van der Waals surface area contributed by atoms with Crippen LogP contribution in [0.4, 0.5) is 14.5 Å². The van der Waals surface area contributed by atoms with E-state index in [2.05, 4.69) is 0 Å². The number of anilines is 1. The Balaban J connectivity index is 2.51. The van der Waals surface area contributed by atoms with Gasteiger partial charge in [0.05, 0.1) is 10.6 Å². The van der Waals surface area contributed by atoms with Crippen LogP contribution in [0.2, 0.25) is 0 Å². The van der Waals surface area contributed by atoms with E-state index in [1.165, 1.54) is 32.0 Å². The first kappa shape index (κ1) is 16.9. The maximum absolute atomic E-state index is 13.9. The molecule has 0 unspecified atom stereocenters. The van der Waals surface area contributed by atoms with Crippen LogP contribution in [0.25, 0.3) is 0 Å². The molecule has 2 N–H and O–H groups in total. The van der Waals surface area contributed by atoms with Crippen LogP contribution in [-0.4, -0.2) is 19.5 Å². The molecule has 8 heteroatoms. The maximum Gasteiger partial charge on any atom is 0.340 e. The fourth-order valence-electron chi connectivity index (χ4n) is 1.92. The number of hydrogen-bond acceptors (Lipinski definition) is 3. The average molecular weight is 341 g/mol. The van der Waals surface area contributed by atoms with Gasteiger partial charge in [0.1, 0.15) is 17.2 Å². The van der Waals surface area contributed by atoms with Crippen molar-refractivity contribution < 1.29 is 27.1 Å². The molecule has 0 aliphatic rings. The maximum atomic E-state index is 13.9. The minimum Gasteiger partial charge on any atom is -0.478 e. The van der Waals surface area contributed by atoms with Crippen molar-refractivity contribution in [2.75, 3.05) is 4.72 Å². The van der Waals surface area contributed by atoms with Crippen molar-refractivity contribution in [3.63, 3.8) is 0 Å². The lowest BCUT2D eigenvalue weighted by atomic mass is 10.1. The lowest BCUT2D eigenvalue weighted by Gasteiger charge is -2.12. The Labute approximate surface area is 131 Å². The van der Waals surface area contributed by atoms with Gasteiger partial charge in [-0.1, -0.05) is 12.1 Å². The van der Waals surface area contributed by atoms with E-state index in [4.69, 9.17) is 5.11 Å². The third kappa shape index (κ3) is 3.31. The van der Waals surface area contributed by atoms with Crippen molar-refractivity contribution in [2.24, 2.45) is 0 Å². The summed E-state index contributed by atoms with van der Waals surface area (Å²) in [6.07, 6.45) is 0. The van der Waals surface area contributed by atoms with Gasteiger partial charge in [0.15, 0.2) is 0 Å². The second kappa shape index (κ2) is 5.96. The summed E-state index contributed by atoms with van der Waals surface area (Å²) in [5.41, 5.74) is -0.897. The minimum atomic E-state index is -4.26. The summed E-state index contributed by atoms with van der Waals surface area (Å²) in [6.45, 7) is 2.83. The summed E-state index contributed by atoms with van der Waals surface area (Å²) in [4.78, 5) is 10.8. The highest BCUT2D eigenvalue weighted by molar-refractivity contribution is 7.92. The quantitative estimate of drug-likeness (QED) is 0.895. The van der Waals surface area contributed by atoms with Crippen LogP contribution < -0.4 is 4.72 Å². The van der Waals surface area contributed by atoms with Gasteiger partial charge in [-0.25, -0.2) is 22.0 Å². The molecule has 2 rings (SSSR count). The van der Waals surface area contributed by atoms with Gasteiger partial charge >= 0.3 is 5.97 Å². The number of hydrogen-bond donors (Lipinski definition) is 2. The van der Waals surface area contributed by atoms with Crippen LogP contribution in [-0.2, 0) is 10.0 Å². The minimum absolute atomic E-state index is 0.0618. The number of nitrogens with one attached hydrogen (secondary N) is 1. The Kier molecular flexibility index (Phi) is 4.37. The summed E-state index contributed by atoms with van der Waals surface area (Å²) in [7, 11) is -4.26. The van der Waals surface area contributed by atoms with Gasteiger partial charge in [0, 0.05) is 0 Å². The van der Waals surface area contributed by atoms with Crippen molar-refractivity contribution in [2.45, 2.75) is 18.7 Å². The van der Waals surface area contributed by atoms with Crippen LogP contribution >= 0.6 is 0 Å². The van der Waals surface area contributed by atoms with Gasteiger partial charge in [0.2, 0.25) is 0 Å². The van der Waals surface area contributed by atoms with Crippen LogP contribution in [0.15, 0.2) is 35.2 Å². The molecule has 0 aliphatic heterocycles. The van der Waals surface area contributed by atoms with E-state index in [-0.39, 0.29) is 11.1 Å². The summed E-state index contributed by atoms with van der Waals surface area (Å²) in [6, 6.07) is 5.64. The molecule has 0 saturated heterocycles. The van der Waals surface area contributed by atoms with Crippen molar-refractivity contribution in [1.82, 2.24) is 0 Å². The number of carboxylic acid groups (broad SMARTS) is 1. The number of carboxylic acids is 1. The smallest absolute Gasteiger partial charge is 0.340 e. The van der Waals surface area contributed by atoms with Gasteiger partial charge in [-0.05, 0) is 43.2 Å². The Morgan fingerprint density at radius 1 is 1.09 bits per heavy atom. The van der Waals surface area contributed by atoms with Crippen LogP contribution in [0.1, 0.15) is 21.5 Å². The molecule has 2 aromatic rings. The number of benzene rings is 2. The summed E-state index contributed by atoms with van der Waals surface area (Å²) < 4.78 is 53.9. The molecule has 2 aromatic carbocycles. The molecule has 0 saturated carbocycles. The van der Waals surface area contributed by atoms with Crippen molar-refractivity contribution >= 4 is 21.7 Å². The summed E-state index contributed by atoms with van der Waals surface area (Å²) >= 11 is 0. The molecule has 0 heterocycles. The molecule has 0 atom stereocenters. The molecule has 0 spiro atoms. The summed E-state index contributed by atoms with van der Waals surface area (Å²) in [5.74, 6) is -3.37. The molecule has 0 fully saturated rings. The molecule has 23 heavy (non-hydrogen) atoms. The SMILES string of the molecule is Cc1ccc(S(=O)(=O)Nc2ccc(C)c(F)c2C(=O)O)cc1F. The molecular formula is C15H13F2NO4S. The Morgan fingerprint density at radius 2 is 1.70 bits per heavy atom. The van der Waals surface area contributed by atoms with Crippen molar-refractivity contribution in [3.8, 4) is 0 Å². The first-order chi connectivity index (χ1) is 10.6. The highest BCUT2D eigenvalue weighted by Gasteiger charge is 2.23. The Hall–Kier alpha value is -2.48. The molecule has 5 nitrogen and oxygen atoms in total. The lowest BCUT2D eigenvalue weighted by Crippen LogP contribution is -2.17. The molecule has 0 bridgehead atoms. The monoisotopic (exact) mass is 341 g/mol. The second-order valence-corrected chi connectivity index (χ2v) is 6.62. The van der Waals surface area contributed by atoms with Gasteiger partial charge in [0.25, 0.3) is 10.0 Å². The predicted molar refractivity (Wildman–Crippen MR) is 80.0 cm³/mol. The number of aryl methyl sites for hydroxylation is 2. The number of halogens is 2. The van der Waals surface area contributed by atoms with E-state index in [1.54, 1.807) is 0 Å². The zero-order valence-electron chi connectivity index (χ0n) is 12.2. The predicted octanol–water partition coefficient (Wildman–Crippen LogP) is 3.08. The zero-order valence-corrected chi connectivity index (χ0v) is 13.0. The lowest BCUT2D eigenvalue weighted by molar-refractivity contribution is 0.0693. The standard InChI is InChI=1S/C15H13F2NO4S/c1-8-3-5-10(7-11(8)16)23(21,22)18-12-6-4-9(2)14(17)13(12)15(19)20/h3-7,18H,1-2H3,(H,19,20). The van der Waals surface area contributed by atoms with Gasteiger partial charge in [-0.15, -0.1) is 0 Å². The third-order valence-electron chi connectivity index (χ3n) is 3.25. The first-order valence-electron chi connectivity index (χ1n) is 6.45. The Morgan fingerprint density at radius 3 is 2.26 bits per heavy atom. The molecule has 0 aromatic heterocycles. The number of sulfonamides is 1. The fourth-order valence-corrected chi connectivity index (χ4v) is 3.00. The van der Waals surface area contributed by atoms with E-state index in [0.29, 0.717) is 0 Å². The van der Waals surface area contributed by atoms with E-state index in [9.17, 15) is 22.0 Å². The molecule has 0 radical (unpaired) electrons. The van der Waals surface area contributed by atoms with Crippen molar-refractivity contribution in [3.05, 3.63) is 58.7 Å². The number of aromatic carboxylic acids is 1. The normalized spacial score (nSPS) is 11.3. The van der Waals surface area contributed by atoms with E-state index in [1.807, 2.05) is 4.72 Å². The molecule has 122 valence electrons. The average Bonchev–Trinajstić information content (AvgIpc) is 2.45. The van der Waals surface area contributed by atoms with Crippen molar-refractivity contribution in [1.29, 1.82) is 0 Å². The molecule has 0 amide bonds. The van der Waals surface area contributed by atoms with E-state index in [0.717, 1.165) is 12.1 Å². The number of carbonyl (C=O) groups is 1. The number of rotatable bonds is 4. The van der Waals surface area contributed by atoms with Gasteiger partial charge < -0.3 is 5.11 Å². The molecule has 0 aliphatic carbocycles. The van der Waals surface area contributed by atoms with Crippen LogP contribution in [0, 0.1) is 25.5 Å². The summed E-state index contributed by atoms with van der Waals surface area (Å²) in [5, 5.41) is 9.08. The third-order valence-corrected chi connectivity index (χ3v) is 4.61. The largest absolute Gasteiger partial charge is 0.478 e. The first-order valence-corrected chi connectivity index (χ1v) is 7.93. The van der Waals surface area contributed by atoms with Gasteiger partial charge in [-0.2, -0.15) is 0 Å². The van der Waals surface area contributed by atoms with E-state index >= 15 is 0 Å². The highest BCUT2D eigenvalue weighted by Crippen LogP contribution is 2.25. The van der Waals surface area contributed by atoms with Crippen LogP contribution in [0.5, 0.6) is 0 Å². The van der Waals surface area contributed by atoms with E-state index < -0.39 is 43.8 Å².